The molecule has 5 rings (SSSR count). The fraction of sp³-hybridized carbons (Fsp3) is 0.455. The van der Waals surface area contributed by atoms with E-state index in [1.54, 1.807) is 13.1 Å². The van der Waals surface area contributed by atoms with Crippen molar-refractivity contribution in [3.63, 3.8) is 0 Å². The fourth-order valence-electron chi connectivity index (χ4n) is 4.44. The highest BCUT2D eigenvalue weighted by atomic mass is 19.3. The van der Waals surface area contributed by atoms with E-state index in [1.807, 2.05) is 18.2 Å². The van der Waals surface area contributed by atoms with E-state index in [-0.39, 0.29) is 0 Å². The summed E-state index contributed by atoms with van der Waals surface area (Å²) in [7, 11) is 0. The van der Waals surface area contributed by atoms with Crippen LogP contribution in [0.4, 0.5) is 20.5 Å². The molecule has 0 aromatic carbocycles. The van der Waals surface area contributed by atoms with E-state index >= 15 is 0 Å². The Kier molecular flexibility index (Phi) is 5.25. The summed E-state index contributed by atoms with van der Waals surface area (Å²) in [5.74, 6) is 1.92. The Bertz CT molecular complexity index is 1130. The lowest BCUT2D eigenvalue weighted by atomic mass is 9.96. The van der Waals surface area contributed by atoms with Gasteiger partial charge >= 0.3 is 0 Å². The largest absolute Gasteiger partial charge is 0.366 e. The van der Waals surface area contributed by atoms with Gasteiger partial charge in [-0.25, -0.2) is 23.7 Å². The van der Waals surface area contributed by atoms with Gasteiger partial charge in [-0.3, -0.25) is 0 Å². The van der Waals surface area contributed by atoms with Crippen LogP contribution in [0.2, 0.25) is 0 Å². The molecule has 3 aromatic rings. The van der Waals surface area contributed by atoms with Gasteiger partial charge in [0.15, 0.2) is 5.65 Å². The molecule has 7 nitrogen and oxygen atoms in total. The number of hydrogen-bond donors (Lipinski definition) is 2. The van der Waals surface area contributed by atoms with Crippen molar-refractivity contribution < 1.29 is 8.78 Å². The van der Waals surface area contributed by atoms with Crippen molar-refractivity contribution in [2.24, 2.45) is 0 Å². The van der Waals surface area contributed by atoms with Crippen molar-refractivity contribution in [3.8, 4) is 0 Å². The van der Waals surface area contributed by atoms with Crippen molar-refractivity contribution >= 4 is 28.5 Å². The Morgan fingerprint density at radius 2 is 2.00 bits per heavy atom. The number of fused-ring (bicyclic) bond motifs is 2. The second-order valence-electron chi connectivity index (χ2n) is 8.13. The quantitative estimate of drug-likeness (QED) is 0.631. The maximum absolute atomic E-state index is 13.0. The first kappa shape index (κ1) is 19.8. The third-order valence-electron chi connectivity index (χ3n) is 5.97. The summed E-state index contributed by atoms with van der Waals surface area (Å²) in [5, 5.41) is 6.76. The Labute approximate surface area is 179 Å². The van der Waals surface area contributed by atoms with Gasteiger partial charge in [0.2, 0.25) is 5.95 Å². The second-order valence-corrected chi connectivity index (χ2v) is 8.13. The number of aromatic nitrogens is 5. The molecule has 31 heavy (non-hydrogen) atoms. The molecule has 1 aliphatic carbocycles. The number of hydrogen-bond acceptors (Lipinski definition) is 6. The van der Waals surface area contributed by atoms with E-state index in [0.717, 1.165) is 29.8 Å². The van der Waals surface area contributed by atoms with Gasteiger partial charge in [-0.15, -0.1) is 0 Å². The smallest absolute Gasteiger partial charge is 0.256 e. The van der Waals surface area contributed by atoms with Crippen LogP contribution in [0.3, 0.4) is 0 Å². The maximum Gasteiger partial charge on any atom is 0.256 e. The van der Waals surface area contributed by atoms with E-state index in [1.165, 1.54) is 23.8 Å². The van der Waals surface area contributed by atoms with Crippen LogP contribution in [0.1, 0.15) is 49.2 Å². The molecule has 0 atom stereocenters. The van der Waals surface area contributed by atoms with Gasteiger partial charge in [-0.05, 0) is 31.9 Å². The SMILES string of the molecule is Cc1nc2ccc(C3=CCNc4nc(NC5CCCCC5)ncc43)nc2n1CC(F)F. The highest BCUT2D eigenvalue weighted by molar-refractivity contribution is 5.87. The molecule has 3 aromatic heterocycles. The molecule has 1 aliphatic heterocycles. The third-order valence-corrected chi connectivity index (χ3v) is 5.97. The highest BCUT2D eigenvalue weighted by Gasteiger charge is 2.21. The highest BCUT2D eigenvalue weighted by Crippen LogP contribution is 2.32. The lowest BCUT2D eigenvalue weighted by Crippen LogP contribution is -2.24. The predicted octanol–water partition coefficient (Wildman–Crippen LogP) is 4.40. The molecular formula is C22H25F2N7. The van der Waals surface area contributed by atoms with E-state index in [0.29, 0.717) is 41.2 Å². The Hall–Kier alpha value is -3.10. The fourth-order valence-corrected chi connectivity index (χ4v) is 4.44. The molecule has 2 N–H and O–H groups in total. The predicted molar refractivity (Wildman–Crippen MR) is 116 cm³/mol. The molecule has 0 spiro atoms. The van der Waals surface area contributed by atoms with E-state index in [4.69, 9.17) is 0 Å². The molecule has 9 heteroatoms. The number of rotatable bonds is 5. The van der Waals surface area contributed by atoms with Crippen LogP contribution in [0.25, 0.3) is 16.7 Å². The number of imidazole rings is 1. The van der Waals surface area contributed by atoms with Crippen molar-refractivity contribution in [3.05, 3.63) is 41.5 Å². The van der Waals surface area contributed by atoms with Gasteiger partial charge in [0.1, 0.15) is 17.2 Å². The monoisotopic (exact) mass is 425 g/mol. The number of nitrogens with zero attached hydrogens (tertiary/aromatic N) is 5. The molecule has 2 aliphatic rings. The van der Waals surface area contributed by atoms with Crippen LogP contribution in [0.15, 0.2) is 24.4 Å². The summed E-state index contributed by atoms with van der Waals surface area (Å²) >= 11 is 0. The molecule has 0 amide bonds. The van der Waals surface area contributed by atoms with Crippen LogP contribution in [-0.4, -0.2) is 43.5 Å². The van der Waals surface area contributed by atoms with Crippen LogP contribution >= 0.6 is 0 Å². The molecule has 1 fully saturated rings. The van der Waals surface area contributed by atoms with Gasteiger partial charge in [0.25, 0.3) is 6.43 Å². The van der Waals surface area contributed by atoms with Gasteiger partial charge in [0, 0.05) is 29.9 Å². The minimum absolute atomic E-state index is 0.421. The number of aryl methyl sites for hydroxylation is 1. The van der Waals surface area contributed by atoms with Crippen molar-refractivity contribution in [1.29, 1.82) is 0 Å². The Morgan fingerprint density at radius 3 is 2.81 bits per heavy atom. The average Bonchev–Trinajstić information content (AvgIpc) is 3.08. The van der Waals surface area contributed by atoms with Crippen molar-refractivity contribution in [2.45, 2.75) is 58.0 Å². The molecule has 0 radical (unpaired) electrons. The number of anilines is 2. The number of alkyl halides is 2. The standard InChI is InChI=1S/C22H25F2N7/c1-13-27-18-8-7-17(29-21(18)31(13)12-19(23)24)15-9-10-25-20-16(15)11-26-22(30-20)28-14-5-3-2-4-6-14/h7-9,11,14,19H,2-6,10,12H2,1H3,(H2,25,26,28,30). The van der Waals surface area contributed by atoms with E-state index in [2.05, 4.69) is 30.6 Å². The molecule has 4 heterocycles. The summed E-state index contributed by atoms with van der Waals surface area (Å²) in [5.41, 5.74) is 3.52. The topological polar surface area (TPSA) is 80.6 Å². The Balaban J connectivity index is 1.46. The van der Waals surface area contributed by atoms with Crippen LogP contribution in [0, 0.1) is 6.92 Å². The van der Waals surface area contributed by atoms with Gasteiger partial charge in [0.05, 0.1) is 12.2 Å². The van der Waals surface area contributed by atoms with Gasteiger partial charge < -0.3 is 15.2 Å². The lowest BCUT2D eigenvalue weighted by molar-refractivity contribution is 0.127. The summed E-state index contributed by atoms with van der Waals surface area (Å²) in [6, 6.07) is 4.12. The first-order valence-electron chi connectivity index (χ1n) is 10.8. The van der Waals surface area contributed by atoms with E-state index in [9.17, 15) is 8.78 Å². The normalized spacial score (nSPS) is 16.8. The van der Waals surface area contributed by atoms with Crippen LogP contribution in [0.5, 0.6) is 0 Å². The number of pyridine rings is 1. The van der Waals surface area contributed by atoms with Crippen molar-refractivity contribution in [1.82, 2.24) is 24.5 Å². The zero-order chi connectivity index (χ0) is 21.4. The molecular weight excluding hydrogens is 400 g/mol. The summed E-state index contributed by atoms with van der Waals surface area (Å²) < 4.78 is 27.6. The van der Waals surface area contributed by atoms with Gasteiger partial charge in [-0.1, -0.05) is 25.3 Å². The van der Waals surface area contributed by atoms with Gasteiger partial charge in [-0.2, -0.15) is 4.98 Å². The lowest BCUT2D eigenvalue weighted by Gasteiger charge is -2.24. The van der Waals surface area contributed by atoms with Crippen LogP contribution < -0.4 is 10.6 Å². The second kappa shape index (κ2) is 8.20. The summed E-state index contributed by atoms with van der Waals surface area (Å²) in [6.07, 6.45) is 7.43. The molecule has 0 bridgehead atoms. The third kappa shape index (κ3) is 3.96. The maximum atomic E-state index is 13.0. The molecule has 0 saturated heterocycles. The summed E-state index contributed by atoms with van der Waals surface area (Å²) in [6.45, 7) is 1.91. The minimum Gasteiger partial charge on any atom is -0.366 e. The minimum atomic E-state index is -2.47. The molecule has 0 unspecified atom stereocenters. The Morgan fingerprint density at radius 1 is 1.16 bits per heavy atom. The molecule has 162 valence electrons. The number of halogens is 2. The zero-order valence-electron chi connectivity index (χ0n) is 17.4. The zero-order valence-corrected chi connectivity index (χ0v) is 17.4. The first-order chi connectivity index (χ1) is 15.1. The average molecular weight is 425 g/mol. The van der Waals surface area contributed by atoms with Crippen LogP contribution in [-0.2, 0) is 6.54 Å². The van der Waals surface area contributed by atoms with Crippen molar-refractivity contribution in [2.75, 3.05) is 17.2 Å². The molecule has 1 saturated carbocycles. The van der Waals surface area contributed by atoms with E-state index < -0.39 is 13.0 Å². The number of nitrogens with one attached hydrogen (secondary N) is 2. The first-order valence-corrected chi connectivity index (χ1v) is 10.8. The summed E-state index contributed by atoms with van der Waals surface area (Å²) in [4.78, 5) is 18.3.